The highest BCUT2D eigenvalue weighted by Crippen LogP contribution is 2.31. The summed E-state index contributed by atoms with van der Waals surface area (Å²) >= 11 is 0. The molecule has 0 aliphatic carbocycles. The zero-order chi connectivity index (χ0) is 14.9. The molecular weight excluding hydrogens is 283 g/mol. The second-order valence-electron chi connectivity index (χ2n) is 3.96. The normalized spacial score (nSPS) is 11.1. The summed E-state index contributed by atoms with van der Waals surface area (Å²) in [6.45, 7) is 0.347. The van der Waals surface area contributed by atoms with Gasteiger partial charge in [0.25, 0.3) is 0 Å². The molecule has 1 aromatic heterocycles. The largest absolute Gasteiger partial charge is 0.441 e. The lowest BCUT2D eigenvalue weighted by molar-refractivity contribution is 0.378. The first-order valence-corrected chi connectivity index (χ1v) is 5.64. The van der Waals surface area contributed by atoms with Crippen molar-refractivity contribution in [1.29, 1.82) is 0 Å². The molecule has 2 aromatic rings. The van der Waals surface area contributed by atoms with Crippen LogP contribution in [0.1, 0.15) is 12.3 Å². The van der Waals surface area contributed by atoms with Gasteiger partial charge >= 0.3 is 0 Å². The number of benzene rings is 1. The summed E-state index contributed by atoms with van der Waals surface area (Å²) in [5, 5.41) is 0. The highest BCUT2D eigenvalue weighted by atomic mass is 19.2. The average Bonchev–Trinajstić information content (AvgIpc) is 2.89. The number of nitrogens with two attached hydrogens (primary N) is 1. The minimum Gasteiger partial charge on any atom is -0.441 e. The number of aromatic nitrogens is 1. The van der Waals surface area contributed by atoms with E-state index in [2.05, 4.69) is 4.98 Å². The Kier molecular flexibility index (Phi) is 4.03. The Labute approximate surface area is 110 Å². The molecule has 0 saturated carbocycles. The molecule has 0 radical (unpaired) electrons. The van der Waals surface area contributed by atoms with Crippen molar-refractivity contribution >= 4 is 0 Å². The van der Waals surface area contributed by atoms with E-state index in [9.17, 15) is 22.0 Å². The van der Waals surface area contributed by atoms with Crippen LogP contribution >= 0.6 is 0 Å². The van der Waals surface area contributed by atoms with Gasteiger partial charge in [-0.25, -0.2) is 26.9 Å². The first-order valence-electron chi connectivity index (χ1n) is 5.64. The molecule has 0 aliphatic rings. The minimum atomic E-state index is -2.22. The number of hydrogen-bond acceptors (Lipinski definition) is 3. The molecule has 0 saturated heterocycles. The molecule has 20 heavy (non-hydrogen) atoms. The van der Waals surface area contributed by atoms with E-state index < -0.39 is 40.4 Å². The van der Waals surface area contributed by atoms with Crippen LogP contribution in [0.2, 0.25) is 0 Å². The molecule has 2 rings (SSSR count). The highest BCUT2D eigenvalue weighted by Gasteiger charge is 2.28. The molecule has 0 amide bonds. The quantitative estimate of drug-likeness (QED) is 0.535. The van der Waals surface area contributed by atoms with Crippen LogP contribution in [0.3, 0.4) is 0 Å². The van der Waals surface area contributed by atoms with Crippen LogP contribution in [-0.4, -0.2) is 11.5 Å². The monoisotopic (exact) mass is 292 g/mol. The summed E-state index contributed by atoms with van der Waals surface area (Å²) < 4.78 is 71.0. The predicted octanol–water partition coefficient (Wildman–Crippen LogP) is 2.93. The van der Waals surface area contributed by atoms with Crippen LogP contribution in [0.4, 0.5) is 22.0 Å². The molecule has 1 aromatic carbocycles. The lowest BCUT2D eigenvalue weighted by Gasteiger charge is -2.05. The van der Waals surface area contributed by atoms with Crippen LogP contribution < -0.4 is 5.73 Å². The smallest absolute Gasteiger partial charge is 0.200 e. The van der Waals surface area contributed by atoms with Gasteiger partial charge in [-0.15, -0.1) is 0 Å². The molecule has 0 atom stereocenters. The SMILES string of the molecule is NCCCc1ncc(-c2c(F)c(F)c(F)c(F)c2F)o1. The molecule has 0 bridgehead atoms. The summed E-state index contributed by atoms with van der Waals surface area (Å²) in [4.78, 5) is 3.70. The van der Waals surface area contributed by atoms with Gasteiger partial charge in [-0.1, -0.05) is 0 Å². The fraction of sp³-hybridized carbons (Fsp3) is 0.250. The third-order valence-corrected chi connectivity index (χ3v) is 2.60. The van der Waals surface area contributed by atoms with Gasteiger partial charge in [-0.05, 0) is 13.0 Å². The van der Waals surface area contributed by atoms with Crippen molar-refractivity contribution in [2.75, 3.05) is 6.54 Å². The summed E-state index contributed by atoms with van der Waals surface area (Å²) in [5.41, 5.74) is 4.14. The maximum Gasteiger partial charge on any atom is 0.200 e. The van der Waals surface area contributed by atoms with E-state index in [4.69, 9.17) is 10.2 Å². The standard InChI is InChI=1S/C12H9F5N2O/c13-8-7(9(14)11(16)12(17)10(8)15)5-4-19-6(20-5)2-1-3-18/h4H,1-3,18H2. The minimum absolute atomic E-state index is 0.106. The molecule has 0 fully saturated rings. The van der Waals surface area contributed by atoms with Gasteiger partial charge < -0.3 is 10.2 Å². The third-order valence-electron chi connectivity index (χ3n) is 2.60. The topological polar surface area (TPSA) is 52.0 Å². The second-order valence-corrected chi connectivity index (χ2v) is 3.96. The van der Waals surface area contributed by atoms with E-state index in [-0.39, 0.29) is 5.89 Å². The lowest BCUT2D eigenvalue weighted by atomic mass is 10.1. The molecule has 0 aliphatic heterocycles. The Morgan fingerprint density at radius 1 is 0.950 bits per heavy atom. The van der Waals surface area contributed by atoms with E-state index in [1.807, 2.05) is 0 Å². The Morgan fingerprint density at radius 3 is 2.05 bits per heavy atom. The summed E-state index contributed by atoms with van der Waals surface area (Å²) in [6, 6.07) is 0. The average molecular weight is 292 g/mol. The van der Waals surface area contributed by atoms with E-state index in [0.29, 0.717) is 19.4 Å². The fourth-order valence-electron chi connectivity index (χ4n) is 1.62. The number of hydrogen-bond donors (Lipinski definition) is 1. The summed E-state index contributed by atoms with van der Waals surface area (Å²) in [5.74, 6) is -10.6. The highest BCUT2D eigenvalue weighted by molar-refractivity contribution is 5.58. The van der Waals surface area contributed by atoms with Crippen molar-refractivity contribution in [2.45, 2.75) is 12.8 Å². The summed E-state index contributed by atoms with van der Waals surface area (Å²) in [6.07, 6.45) is 1.72. The van der Waals surface area contributed by atoms with Crippen molar-refractivity contribution in [3.63, 3.8) is 0 Å². The van der Waals surface area contributed by atoms with E-state index in [0.717, 1.165) is 6.20 Å². The Hall–Kier alpha value is -1.96. The first-order chi connectivity index (χ1) is 9.47. The number of aryl methyl sites for hydroxylation is 1. The van der Waals surface area contributed by atoms with E-state index >= 15 is 0 Å². The zero-order valence-corrected chi connectivity index (χ0v) is 10.0. The van der Waals surface area contributed by atoms with Gasteiger partial charge in [0.15, 0.2) is 34.9 Å². The van der Waals surface area contributed by atoms with Crippen LogP contribution in [0.5, 0.6) is 0 Å². The van der Waals surface area contributed by atoms with Crippen LogP contribution in [0, 0.1) is 29.1 Å². The molecule has 1 heterocycles. The van der Waals surface area contributed by atoms with Crippen molar-refractivity contribution in [3.8, 4) is 11.3 Å². The maximum atomic E-state index is 13.5. The molecule has 8 heteroatoms. The van der Waals surface area contributed by atoms with E-state index in [1.54, 1.807) is 0 Å². The number of rotatable bonds is 4. The summed E-state index contributed by atoms with van der Waals surface area (Å²) in [7, 11) is 0. The van der Waals surface area contributed by atoms with Gasteiger partial charge in [0.05, 0.1) is 11.8 Å². The first kappa shape index (κ1) is 14.4. The lowest BCUT2D eigenvalue weighted by Crippen LogP contribution is -2.03. The van der Waals surface area contributed by atoms with Crippen molar-refractivity contribution in [1.82, 2.24) is 4.98 Å². The van der Waals surface area contributed by atoms with Crippen LogP contribution in [0.15, 0.2) is 10.6 Å². The van der Waals surface area contributed by atoms with Crippen LogP contribution in [-0.2, 0) is 6.42 Å². The Morgan fingerprint density at radius 2 is 1.50 bits per heavy atom. The molecule has 2 N–H and O–H groups in total. The molecule has 0 unspecified atom stereocenters. The molecular formula is C12H9F5N2O. The fourth-order valence-corrected chi connectivity index (χ4v) is 1.62. The predicted molar refractivity (Wildman–Crippen MR) is 59.1 cm³/mol. The van der Waals surface area contributed by atoms with E-state index in [1.165, 1.54) is 0 Å². The number of nitrogens with zero attached hydrogens (tertiary/aromatic N) is 1. The van der Waals surface area contributed by atoms with Crippen molar-refractivity contribution < 1.29 is 26.4 Å². The third kappa shape index (κ3) is 2.38. The maximum absolute atomic E-state index is 13.5. The number of oxazole rings is 1. The molecule has 108 valence electrons. The van der Waals surface area contributed by atoms with Gasteiger partial charge in [0, 0.05) is 6.42 Å². The zero-order valence-electron chi connectivity index (χ0n) is 10.0. The second kappa shape index (κ2) is 5.58. The Bertz CT molecular complexity index is 612. The van der Waals surface area contributed by atoms with Gasteiger partial charge in [0.1, 0.15) is 0 Å². The van der Waals surface area contributed by atoms with Crippen molar-refractivity contribution in [2.24, 2.45) is 5.73 Å². The Balaban J connectivity index is 2.50. The van der Waals surface area contributed by atoms with Gasteiger partial charge in [-0.3, -0.25) is 0 Å². The van der Waals surface area contributed by atoms with Crippen molar-refractivity contribution in [3.05, 3.63) is 41.2 Å². The van der Waals surface area contributed by atoms with Crippen LogP contribution in [0.25, 0.3) is 11.3 Å². The van der Waals surface area contributed by atoms with Gasteiger partial charge in [-0.2, -0.15) is 0 Å². The molecule has 3 nitrogen and oxygen atoms in total. The molecule has 0 spiro atoms. The van der Waals surface area contributed by atoms with Gasteiger partial charge in [0.2, 0.25) is 5.82 Å². The number of halogens is 5.